The van der Waals surface area contributed by atoms with Gasteiger partial charge in [-0.05, 0) is 42.1 Å². The number of methoxy groups -OCH3 is 1. The van der Waals surface area contributed by atoms with Crippen LogP contribution in [0.3, 0.4) is 0 Å². The number of nitrogens with one attached hydrogen (secondary N) is 1. The molecule has 1 N–H and O–H groups in total. The molecule has 17 heavy (non-hydrogen) atoms. The predicted octanol–water partition coefficient (Wildman–Crippen LogP) is 3.07. The molecule has 0 aromatic rings. The standard InChI is InChI=1S/C15H29NO/c1-12-6-5-7-15(10-12)13(14(15,2)3)11-16-8-9-17-4/h12-13,16H,5-11H2,1-4H3. The summed E-state index contributed by atoms with van der Waals surface area (Å²) in [6.45, 7) is 10.4. The van der Waals surface area contributed by atoms with Gasteiger partial charge in [0.2, 0.25) is 0 Å². The van der Waals surface area contributed by atoms with E-state index in [4.69, 9.17) is 4.74 Å². The molecule has 0 saturated heterocycles. The Hall–Kier alpha value is -0.0800. The smallest absolute Gasteiger partial charge is 0.0587 e. The van der Waals surface area contributed by atoms with Crippen LogP contribution in [0.5, 0.6) is 0 Å². The third-order valence-electron chi connectivity index (χ3n) is 5.60. The lowest BCUT2D eigenvalue weighted by Crippen LogP contribution is -2.25. The third-order valence-corrected chi connectivity index (χ3v) is 5.60. The molecule has 0 aromatic heterocycles. The summed E-state index contributed by atoms with van der Waals surface area (Å²) in [4.78, 5) is 0. The van der Waals surface area contributed by atoms with Gasteiger partial charge in [0, 0.05) is 13.7 Å². The molecule has 0 bridgehead atoms. The molecule has 0 heterocycles. The summed E-state index contributed by atoms with van der Waals surface area (Å²) in [5.41, 5.74) is 1.21. The molecule has 0 amide bonds. The Morgan fingerprint density at radius 3 is 2.76 bits per heavy atom. The molecule has 0 radical (unpaired) electrons. The first-order chi connectivity index (χ1) is 8.04. The van der Waals surface area contributed by atoms with E-state index in [1.165, 1.54) is 32.2 Å². The normalized spacial score (nSPS) is 39.5. The molecule has 3 unspecified atom stereocenters. The molecule has 2 aliphatic carbocycles. The predicted molar refractivity (Wildman–Crippen MR) is 72.1 cm³/mol. The Morgan fingerprint density at radius 1 is 1.35 bits per heavy atom. The van der Waals surface area contributed by atoms with Crippen molar-refractivity contribution in [2.45, 2.75) is 46.5 Å². The van der Waals surface area contributed by atoms with Gasteiger partial charge in [0.15, 0.2) is 0 Å². The highest BCUT2D eigenvalue weighted by atomic mass is 16.5. The topological polar surface area (TPSA) is 21.3 Å². The van der Waals surface area contributed by atoms with E-state index in [1.54, 1.807) is 7.11 Å². The quantitative estimate of drug-likeness (QED) is 0.745. The summed E-state index contributed by atoms with van der Waals surface area (Å²) in [5, 5.41) is 3.57. The van der Waals surface area contributed by atoms with Gasteiger partial charge in [-0.2, -0.15) is 0 Å². The van der Waals surface area contributed by atoms with Crippen molar-refractivity contribution in [2.24, 2.45) is 22.7 Å². The second kappa shape index (κ2) is 4.89. The van der Waals surface area contributed by atoms with Crippen LogP contribution in [0.4, 0.5) is 0 Å². The molecule has 0 aromatic carbocycles. The van der Waals surface area contributed by atoms with E-state index in [2.05, 4.69) is 26.1 Å². The lowest BCUT2D eigenvalue weighted by molar-refractivity contribution is 0.195. The zero-order valence-electron chi connectivity index (χ0n) is 12.0. The van der Waals surface area contributed by atoms with E-state index in [1.807, 2.05) is 0 Å². The van der Waals surface area contributed by atoms with Crippen molar-refractivity contribution in [3.63, 3.8) is 0 Å². The molecular weight excluding hydrogens is 210 g/mol. The van der Waals surface area contributed by atoms with Gasteiger partial charge in [0.1, 0.15) is 0 Å². The second-order valence-corrected chi connectivity index (χ2v) is 6.83. The minimum atomic E-state index is 0.557. The van der Waals surface area contributed by atoms with Gasteiger partial charge in [-0.15, -0.1) is 0 Å². The Labute approximate surface area is 107 Å². The zero-order chi connectivity index (χ0) is 12.5. The molecule has 2 rings (SSSR count). The van der Waals surface area contributed by atoms with Gasteiger partial charge in [-0.3, -0.25) is 0 Å². The minimum absolute atomic E-state index is 0.557. The fourth-order valence-corrected chi connectivity index (χ4v) is 4.43. The van der Waals surface area contributed by atoms with Gasteiger partial charge in [-0.1, -0.05) is 33.6 Å². The number of rotatable bonds is 5. The first-order valence-electron chi connectivity index (χ1n) is 7.24. The van der Waals surface area contributed by atoms with Crippen LogP contribution in [0, 0.1) is 22.7 Å². The summed E-state index contributed by atoms with van der Waals surface area (Å²) >= 11 is 0. The van der Waals surface area contributed by atoms with Gasteiger partial charge in [0.05, 0.1) is 6.61 Å². The van der Waals surface area contributed by atoms with Crippen LogP contribution in [-0.4, -0.2) is 26.8 Å². The monoisotopic (exact) mass is 239 g/mol. The highest BCUT2D eigenvalue weighted by Crippen LogP contribution is 2.74. The van der Waals surface area contributed by atoms with Crippen LogP contribution >= 0.6 is 0 Å². The van der Waals surface area contributed by atoms with Crippen LogP contribution in [0.1, 0.15) is 46.5 Å². The SMILES string of the molecule is COCCNCC1C(C)(C)C12CCCC(C)C2. The maximum atomic E-state index is 5.09. The number of ether oxygens (including phenoxy) is 1. The van der Waals surface area contributed by atoms with Gasteiger partial charge in [0.25, 0.3) is 0 Å². The Morgan fingerprint density at radius 2 is 2.12 bits per heavy atom. The lowest BCUT2D eigenvalue weighted by Gasteiger charge is -2.30. The van der Waals surface area contributed by atoms with Gasteiger partial charge >= 0.3 is 0 Å². The average Bonchev–Trinajstić information content (AvgIpc) is 2.69. The van der Waals surface area contributed by atoms with Crippen molar-refractivity contribution in [3.05, 3.63) is 0 Å². The maximum absolute atomic E-state index is 5.09. The van der Waals surface area contributed by atoms with Crippen molar-refractivity contribution in [1.82, 2.24) is 5.32 Å². The third kappa shape index (κ3) is 2.26. The fourth-order valence-electron chi connectivity index (χ4n) is 4.43. The summed E-state index contributed by atoms with van der Waals surface area (Å²) < 4.78 is 5.09. The van der Waals surface area contributed by atoms with Crippen LogP contribution in [-0.2, 0) is 4.74 Å². The minimum Gasteiger partial charge on any atom is -0.383 e. The average molecular weight is 239 g/mol. The maximum Gasteiger partial charge on any atom is 0.0587 e. The molecule has 0 aliphatic heterocycles. The summed E-state index contributed by atoms with van der Waals surface area (Å²) in [5.74, 6) is 1.82. The van der Waals surface area contributed by atoms with Crippen molar-refractivity contribution in [2.75, 3.05) is 26.8 Å². The molecule has 2 fully saturated rings. The molecule has 2 heteroatoms. The molecular formula is C15H29NO. The van der Waals surface area contributed by atoms with Crippen molar-refractivity contribution < 1.29 is 4.74 Å². The van der Waals surface area contributed by atoms with E-state index in [0.29, 0.717) is 10.8 Å². The lowest BCUT2D eigenvalue weighted by atomic mass is 9.75. The largest absolute Gasteiger partial charge is 0.383 e. The first kappa shape index (κ1) is 13.4. The Balaban J connectivity index is 1.86. The van der Waals surface area contributed by atoms with Crippen LogP contribution in [0.15, 0.2) is 0 Å². The number of hydrogen-bond donors (Lipinski definition) is 1. The zero-order valence-corrected chi connectivity index (χ0v) is 12.0. The highest BCUT2D eigenvalue weighted by molar-refractivity contribution is 5.18. The molecule has 2 aliphatic rings. The van der Waals surface area contributed by atoms with E-state index >= 15 is 0 Å². The van der Waals surface area contributed by atoms with Gasteiger partial charge in [-0.25, -0.2) is 0 Å². The molecule has 100 valence electrons. The van der Waals surface area contributed by atoms with Crippen molar-refractivity contribution >= 4 is 0 Å². The number of hydrogen-bond acceptors (Lipinski definition) is 2. The molecule has 3 atom stereocenters. The van der Waals surface area contributed by atoms with E-state index < -0.39 is 0 Å². The first-order valence-corrected chi connectivity index (χ1v) is 7.24. The van der Waals surface area contributed by atoms with Gasteiger partial charge < -0.3 is 10.1 Å². The molecule has 2 saturated carbocycles. The van der Waals surface area contributed by atoms with Crippen molar-refractivity contribution in [1.29, 1.82) is 0 Å². The highest BCUT2D eigenvalue weighted by Gasteiger charge is 2.69. The fraction of sp³-hybridized carbons (Fsp3) is 1.00. The van der Waals surface area contributed by atoms with Crippen LogP contribution in [0.25, 0.3) is 0 Å². The summed E-state index contributed by atoms with van der Waals surface area (Å²) in [7, 11) is 1.77. The van der Waals surface area contributed by atoms with E-state index in [-0.39, 0.29) is 0 Å². The molecule has 1 spiro atoms. The summed E-state index contributed by atoms with van der Waals surface area (Å²) in [6, 6.07) is 0. The second-order valence-electron chi connectivity index (χ2n) is 6.83. The van der Waals surface area contributed by atoms with Crippen molar-refractivity contribution in [3.8, 4) is 0 Å². The van der Waals surface area contributed by atoms with E-state index in [9.17, 15) is 0 Å². The van der Waals surface area contributed by atoms with Crippen LogP contribution < -0.4 is 5.32 Å². The van der Waals surface area contributed by atoms with E-state index in [0.717, 1.165) is 25.0 Å². The van der Waals surface area contributed by atoms with Crippen LogP contribution in [0.2, 0.25) is 0 Å². The summed E-state index contributed by atoms with van der Waals surface area (Å²) in [6.07, 6.45) is 5.80. The Bertz CT molecular complexity index is 264. The molecule has 2 nitrogen and oxygen atoms in total. The Kier molecular flexibility index (Phi) is 3.84.